The predicted octanol–water partition coefficient (Wildman–Crippen LogP) is 2.51. The number of thiocarbonyl (C=S) groups is 1. The highest BCUT2D eigenvalue weighted by Crippen LogP contribution is 2.16. The molecule has 2 N–H and O–H groups in total. The third kappa shape index (κ3) is 4.98. The molecule has 0 atom stereocenters. The summed E-state index contributed by atoms with van der Waals surface area (Å²) in [6, 6.07) is 4.43. The molecule has 0 bridgehead atoms. The Morgan fingerprint density at radius 1 is 1.39 bits per heavy atom. The van der Waals surface area contributed by atoms with E-state index in [0.717, 1.165) is 0 Å². The first-order valence-electron chi connectivity index (χ1n) is 5.80. The fraction of sp³-hybridized carbons (Fsp3) is 0.462. The maximum absolute atomic E-state index is 13.5. The Balaban J connectivity index is 2.39. The number of hydrogen-bond donors (Lipinski definition) is 1. The molecule has 3 nitrogen and oxygen atoms in total. The minimum Gasteiger partial charge on any atom is -0.491 e. The monoisotopic (exact) mass is 271 g/mol. The van der Waals surface area contributed by atoms with Crippen molar-refractivity contribution in [2.75, 3.05) is 19.8 Å². The van der Waals surface area contributed by atoms with E-state index in [2.05, 4.69) is 13.8 Å². The van der Waals surface area contributed by atoms with E-state index in [4.69, 9.17) is 27.4 Å². The van der Waals surface area contributed by atoms with E-state index in [1.165, 1.54) is 12.1 Å². The minimum absolute atomic E-state index is 0.0410. The molecule has 0 radical (unpaired) electrons. The van der Waals surface area contributed by atoms with Crippen LogP contribution in [0.1, 0.15) is 19.4 Å². The summed E-state index contributed by atoms with van der Waals surface area (Å²) in [4.78, 5) is 0.0410. The molecule has 1 rings (SSSR count). The standard InChI is InChI=1S/C13H18FNO2S/c1-9(2)8-16-5-6-17-10-3-4-11(13(15)18)12(14)7-10/h3-4,7,9H,5-6,8H2,1-2H3,(H2,15,18). The van der Waals surface area contributed by atoms with Crippen molar-refractivity contribution in [2.24, 2.45) is 11.7 Å². The van der Waals surface area contributed by atoms with E-state index in [-0.39, 0.29) is 10.6 Å². The molecule has 0 aromatic heterocycles. The molecule has 0 aliphatic heterocycles. The second-order valence-corrected chi connectivity index (χ2v) is 4.76. The van der Waals surface area contributed by atoms with Gasteiger partial charge in [0.25, 0.3) is 0 Å². The zero-order chi connectivity index (χ0) is 13.5. The Bertz CT molecular complexity index is 410. The van der Waals surface area contributed by atoms with Gasteiger partial charge < -0.3 is 15.2 Å². The molecule has 0 spiro atoms. The SMILES string of the molecule is CC(C)COCCOc1ccc(C(N)=S)c(F)c1. The van der Waals surface area contributed by atoms with Crippen LogP contribution in [0.2, 0.25) is 0 Å². The smallest absolute Gasteiger partial charge is 0.137 e. The summed E-state index contributed by atoms with van der Waals surface area (Å²) in [6.07, 6.45) is 0. The molecule has 100 valence electrons. The largest absolute Gasteiger partial charge is 0.491 e. The fourth-order valence-electron chi connectivity index (χ4n) is 1.32. The van der Waals surface area contributed by atoms with Crippen molar-refractivity contribution in [1.82, 2.24) is 0 Å². The molecule has 0 aliphatic carbocycles. The second-order valence-electron chi connectivity index (χ2n) is 4.32. The lowest BCUT2D eigenvalue weighted by molar-refractivity contribution is 0.0818. The van der Waals surface area contributed by atoms with Crippen LogP contribution in [0, 0.1) is 11.7 Å². The highest BCUT2D eigenvalue weighted by molar-refractivity contribution is 7.80. The summed E-state index contributed by atoms with van der Waals surface area (Å²) in [5, 5.41) is 0. The van der Waals surface area contributed by atoms with Crippen molar-refractivity contribution < 1.29 is 13.9 Å². The number of ether oxygens (including phenoxy) is 2. The zero-order valence-corrected chi connectivity index (χ0v) is 11.4. The van der Waals surface area contributed by atoms with Crippen molar-refractivity contribution >= 4 is 17.2 Å². The van der Waals surface area contributed by atoms with Crippen LogP contribution in [-0.4, -0.2) is 24.8 Å². The van der Waals surface area contributed by atoms with Gasteiger partial charge in [0, 0.05) is 18.2 Å². The van der Waals surface area contributed by atoms with E-state index in [1.807, 2.05) is 0 Å². The van der Waals surface area contributed by atoms with Gasteiger partial charge in [-0.2, -0.15) is 0 Å². The highest BCUT2D eigenvalue weighted by Gasteiger charge is 2.06. The highest BCUT2D eigenvalue weighted by atomic mass is 32.1. The first-order chi connectivity index (χ1) is 8.50. The normalized spacial score (nSPS) is 10.7. The van der Waals surface area contributed by atoms with Gasteiger partial charge in [-0.25, -0.2) is 4.39 Å². The molecule has 18 heavy (non-hydrogen) atoms. The Hall–Kier alpha value is -1.20. The zero-order valence-electron chi connectivity index (χ0n) is 10.6. The number of hydrogen-bond acceptors (Lipinski definition) is 3. The van der Waals surface area contributed by atoms with Gasteiger partial charge in [0.1, 0.15) is 23.2 Å². The number of nitrogens with two attached hydrogens (primary N) is 1. The molecule has 5 heteroatoms. The van der Waals surface area contributed by atoms with Gasteiger partial charge in [-0.3, -0.25) is 0 Å². The number of rotatable bonds is 7. The summed E-state index contributed by atoms with van der Waals surface area (Å²) >= 11 is 4.72. The van der Waals surface area contributed by atoms with Gasteiger partial charge in [-0.05, 0) is 18.1 Å². The fourth-order valence-corrected chi connectivity index (χ4v) is 1.49. The Labute approximate surface area is 112 Å². The lowest BCUT2D eigenvalue weighted by atomic mass is 10.2. The molecule has 0 saturated carbocycles. The average molecular weight is 271 g/mol. The van der Waals surface area contributed by atoms with Crippen molar-refractivity contribution in [3.8, 4) is 5.75 Å². The lowest BCUT2D eigenvalue weighted by Gasteiger charge is -2.09. The van der Waals surface area contributed by atoms with Crippen LogP contribution in [0.4, 0.5) is 4.39 Å². The second kappa shape index (κ2) is 7.28. The third-order valence-corrected chi connectivity index (χ3v) is 2.37. The summed E-state index contributed by atoms with van der Waals surface area (Å²) in [5.41, 5.74) is 5.59. The minimum atomic E-state index is -0.469. The van der Waals surface area contributed by atoms with Crippen LogP contribution in [0.15, 0.2) is 18.2 Å². The van der Waals surface area contributed by atoms with Crippen LogP contribution in [0.25, 0.3) is 0 Å². The lowest BCUT2D eigenvalue weighted by Crippen LogP contribution is -2.12. The third-order valence-electron chi connectivity index (χ3n) is 2.15. The van der Waals surface area contributed by atoms with Crippen LogP contribution in [0.3, 0.4) is 0 Å². The average Bonchev–Trinajstić information content (AvgIpc) is 2.27. The van der Waals surface area contributed by atoms with Gasteiger partial charge in [-0.15, -0.1) is 0 Å². The molecular weight excluding hydrogens is 253 g/mol. The van der Waals surface area contributed by atoms with Gasteiger partial charge in [0.05, 0.1) is 6.61 Å². The van der Waals surface area contributed by atoms with Crippen LogP contribution >= 0.6 is 12.2 Å². The van der Waals surface area contributed by atoms with Gasteiger partial charge in [0.15, 0.2) is 0 Å². The summed E-state index contributed by atoms with van der Waals surface area (Å²) in [7, 11) is 0. The molecule has 0 amide bonds. The Morgan fingerprint density at radius 2 is 2.11 bits per heavy atom. The first kappa shape index (κ1) is 14.9. The molecule has 1 aromatic rings. The molecule has 0 heterocycles. The molecule has 0 saturated heterocycles. The molecule has 0 aliphatic rings. The quantitative estimate of drug-likeness (QED) is 0.611. The number of benzene rings is 1. The van der Waals surface area contributed by atoms with Crippen molar-refractivity contribution in [2.45, 2.75) is 13.8 Å². The molecule has 0 unspecified atom stereocenters. The van der Waals surface area contributed by atoms with E-state index >= 15 is 0 Å². The van der Waals surface area contributed by atoms with Gasteiger partial charge >= 0.3 is 0 Å². The first-order valence-corrected chi connectivity index (χ1v) is 6.21. The van der Waals surface area contributed by atoms with Crippen molar-refractivity contribution in [3.63, 3.8) is 0 Å². The molecule has 0 fully saturated rings. The van der Waals surface area contributed by atoms with E-state index < -0.39 is 5.82 Å². The van der Waals surface area contributed by atoms with E-state index in [0.29, 0.717) is 31.5 Å². The van der Waals surface area contributed by atoms with Crippen molar-refractivity contribution in [3.05, 3.63) is 29.6 Å². The Kier molecular flexibility index (Phi) is 6.01. The van der Waals surface area contributed by atoms with E-state index in [1.54, 1.807) is 6.07 Å². The number of halogens is 1. The maximum atomic E-state index is 13.5. The van der Waals surface area contributed by atoms with Crippen LogP contribution < -0.4 is 10.5 Å². The Morgan fingerprint density at radius 3 is 2.67 bits per heavy atom. The molecular formula is C13H18FNO2S. The predicted molar refractivity (Wildman–Crippen MR) is 73.4 cm³/mol. The summed E-state index contributed by atoms with van der Waals surface area (Å²) < 4.78 is 24.2. The topological polar surface area (TPSA) is 44.5 Å². The van der Waals surface area contributed by atoms with Gasteiger partial charge in [-0.1, -0.05) is 26.1 Å². The van der Waals surface area contributed by atoms with Crippen molar-refractivity contribution in [1.29, 1.82) is 0 Å². The summed E-state index contributed by atoms with van der Waals surface area (Å²) in [6.45, 7) is 5.71. The van der Waals surface area contributed by atoms with Crippen LogP contribution in [-0.2, 0) is 4.74 Å². The van der Waals surface area contributed by atoms with Gasteiger partial charge in [0.2, 0.25) is 0 Å². The summed E-state index contributed by atoms with van der Waals surface area (Å²) in [5.74, 6) is 0.469. The van der Waals surface area contributed by atoms with Crippen LogP contribution in [0.5, 0.6) is 5.75 Å². The molecule has 1 aromatic carbocycles. The maximum Gasteiger partial charge on any atom is 0.137 e. The van der Waals surface area contributed by atoms with E-state index in [9.17, 15) is 4.39 Å².